The quantitative estimate of drug-likeness (QED) is 0.786. The fourth-order valence-electron chi connectivity index (χ4n) is 6.18. The van der Waals surface area contributed by atoms with Crippen LogP contribution in [0.15, 0.2) is 12.4 Å². The van der Waals surface area contributed by atoms with Gasteiger partial charge in [0, 0.05) is 31.1 Å². The Labute approximate surface area is 179 Å². The number of rotatable bonds is 4. The number of nitrogens with one attached hydrogen (secondary N) is 2. The summed E-state index contributed by atoms with van der Waals surface area (Å²) in [4.78, 5) is 11.8. The van der Waals surface area contributed by atoms with Crippen molar-refractivity contribution in [1.82, 2.24) is 20.8 Å². The molecule has 5 fully saturated rings. The van der Waals surface area contributed by atoms with E-state index < -0.39 is 0 Å². The second-order valence-corrected chi connectivity index (χ2v) is 10.5. The summed E-state index contributed by atoms with van der Waals surface area (Å²) in [5, 5.41) is 0. The van der Waals surface area contributed by atoms with Gasteiger partial charge in [0.05, 0.1) is 35.6 Å². The van der Waals surface area contributed by atoms with E-state index in [0.29, 0.717) is 18.1 Å². The van der Waals surface area contributed by atoms with Gasteiger partial charge in [0.25, 0.3) is 0 Å². The average molecular weight is 414 g/mol. The van der Waals surface area contributed by atoms with Gasteiger partial charge in [-0.05, 0) is 51.9 Å². The molecule has 7 nitrogen and oxygen atoms in total. The Morgan fingerprint density at radius 3 is 2.83 bits per heavy atom. The van der Waals surface area contributed by atoms with Crippen LogP contribution >= 0.6 is 0 Å². The monoisotopic (exact) mass is 413 g/mol. The second-order valence-electron chi connectivity index (χ2n) is 10.5. The lowest BCUT2D eigenvalue weighted by atomic mass is 9.79. The summed E-state index contributed by atoms with van der Waals surface area (Å²) >= 11 is 0. The Hall–Kier alpha value is -1.28. The first-order valence-electron chi connectivity index (χ1n) is 12.0. The Balaban J connectivity index is 1.18. The lowest BCUT2D eigenvalue weighted by molar-refractivity contribution is -0.0507. The van der Waals surface area contributed by atoms with Crippen molar-refractivity contribution in [1.29, 1.82) is 0 Å². The zero-order chi connectivity index (χ0) is 20.2. The highest BCUT2D eigenvalue weighted by atomic mass is 16.5. The molecular formula is C23H35N5O2. The molecule has 0 bridgehead atoms. The molecule has 0 radical (unpaired) electrons. The van der Waals surface area contributed by atoms with Gasteiger partial charge in [-0.1, -0.05) is 12.8 Å². The number of aromatic nitrogens is 2. The fourth-order valence-corrected chi connectivity index (χ4v) is 6.18. The normalized spacial score (nSPS) is 36.8. The summed E-state index contributed by atoms with van der Waals surface area (Å²) in [5.74, 6) is 1.56. The van der Waals surface area contributed by atoms with Crippen LogP contribution in [-0.4, -0.2) is 53.0 Å². The highest BCUT2D eigenvalue weighted by Crippen LogP contribution is 2.45. The maximum Gasteiger partial charge on any atom is 0.132 e. The molecule has 0 aromatic carbocycles. The molecule has 5 aliphatic rings. The van der Waals surface area contributed by atoms with E-state index in [0.717, 1.165) is 44.0 Å². The number of nitrogens with zero attached hydrogens (tertiary/aromatic N) is 3. The third kappa shape index (κ3) is 3.64. The number of hydrogen-bond acceptors (Lipinski definition) is 7. The van der Waals surface area contributed by atoms with Crippen molar-refractivity contribution < 1.29 is 9.47 Å². The van der Waals surface area contributed by atoms with E-state index in [1.165, 1.54) is 44.9 Å². The van der Waals surface area contributed by atoms with Crippen LogP contribution in [0.3, 0.4) is 0 Å². The van der Waals surface area contributed by atoms with Crippen molar-refractivity contribution in [3.8, 4) is 0 Å². The van der Waals surface area contributed by atoms with Gasteiger partial charge in [0.2, 0.25) is 0 Å². The molecule has 2 saturated heterocycles. The standard InChI is InChI=1S/C23H35N5O2/c1-22(8-9-22)30-16-4-5-18-17(12-16)21(27-26-18)19-13-20(25-15-24-19)28-10-11-29-23(14-28)6-2-3-7-23/h13,15-18,21,26-27H,2-12,14H2,1H3. The van der Waals surface area contributed by atoms with Crippen LogP contribution in [0.25, 0.3) is 0 Å². The van der Waals surface area contributed by atoms with Gasteiger partial charge >= 0.3 is 0 Å². The molecule has 6 rings (SSSR count). The molecule has 1 aromatic rings. The average Bonchev–Trinajstić information content (AvgIpc) is 3.14. The van der Waals surface area contributed by atoms with Gasteiger partial charge in [-0.25, -0.2) is 15.4 Å². The third-order valence-corrected chi connectivity index (χ3v) is 8.19. The SMILES string of the molecule is CC1(OC2CCC3NNC(c4cc(N5CCOC6(CCCC6)C5)ncn4)C3C2)CC1. The molecule has 2 aliphatic heterocycles. The smallest absolute Gasteiger partial charge is 0.132 e. The Kier molecular flexibility index (Phi) is 4.79. The van der Waals surface area contributed by atoms with E-state index >= 15 is 0 Å². The van der Waals surface area contributed by atoms with Gasteiger partial charge in [0.15, 0.2) is 0 Å². The van der Waals surface area contributed by atoms with Crippen LogP contribution in [0, 0.1) is 5.92 Å². The van der Waals surface area contributed by atoms with Crippen molar-refractivity contribution in [2.75, 3.05) is 24.6 Å². The summed E-state index contributed by atoms with van der Waals surface area (Å²) < 4.78 is 12.7. The van der Waals surface area contributed by atoms with Crippen molar-refractivity contribution in [2.24, 2.45) is 5.92 Å². The van der Waals surface area contributed by atoms with Gasteiger partial charge in [-0.2, -0.15) is 0 Å². The lowest BCUT2D eigenvalue weighted by Crippen LogP contribution is -2.50. The Bertz CT molecular complexity index is 779. The van der Waals surface area contributed by atoms with E-state index in [1.54, 1.807) is 6.33 Å². The first-order chi connectivity index (χ1) is 14.6. The summed E-state index contributed by atoms with van der Waals surface area (Å²) in [7, 11) is 0. The minimum absolute atomic E-state index is 0.0501. The summed E-state index contributed by atoms with van der Waals surface area (Å²) in [5.41, 5.74) is 8.40. The molecule has 0 amide bonds. The van der Waals surface area contributed by atoms with Crippen LogP contribution in [0.4, 0.5) is 5.82 Å². The number of anilines is 1. The number of ether oxygens (including phenoxy) is 2. The molecule has 1 spiro atoms. The molecule has 164 valence electrons. The molecule has 3 aliphatic carbocycles. The molecule has 3 heterocycles. The van der Waals surface area contributed by atoms with E-state index in [1.807, 2.05) is 0 Å². The maximum atomic E-state index is 6.44. The van der Waals surface area contributed by atoms with Gasteiger partial charge in [-0.3, -0.25) is 5.43 Å². The number of hydrogen-bond donors (Lipinski definition) is 2. The minimum Gasteiger partial charge on any atom is -0.372 e. The Morgan fingerprint density at radius 2 is 2.00 bits per heavy atom. The molecule has 1 aromatic heterocycles. The zero-order valence-corrected chi connectivity index (χ0v) is 18.1. The lowest BCUT2D eigenvalue weighted by Gasteiger charge is -2.41. The second kappa shape index (κ2) is 7.40. The summed E-state index contributed by atoms with van der Waals surface area (Å²) in [6, 6.07) is 2.93. The van der Waals surface area contributed by atoms with Crippen LogP contribution < -0.4 is 15.8 Å². The predicted octanol–water partition coefficient (Wildman–Crippen LogP) is 2.88. The predicted molar refractivity (Wildman–Crippen MR) is 114 cm³/mol. The van der Waals surface area contributed by atoms with Crippen LogP contribution in [0.5, 0.6) is 0 Å². The highest BCUT2D eigenvalue weighted by Gasteiger charge is 2.46. The zero-order valence-electron chi connectivity index (χ0n) is 18.1. The van der Waals surface area contributed by atoms with Gasteiger partial charge in [0.1, 0.15) is 12.1 Å². The van der Waals surface area contributed by atoms with Crippen LogP contribution in [-0.2, 0) is 9.47 Å². The third-order valence-electron chi connectivity index (χ3n) is 8.19. The van der Waals surface area contributed by atoms with Crippen molar-refractivity contribution in [3.05, 3.63) is 18.1 Å². The first kappa shape index (κ1) is 19.4. The maximum absolute atomic E-state index is 6.44. The molecule has 4 unspecified atom stereocenters. The van der Waals surface area contributed by atoms with E-state index in [-0.39, 0.29) is 17.2 Å². The largest absolute Gasteiger partial charge is 0.372 e. The van der Waals surface area contributed by atoms with Gasteiger partial charge < -0.3 is 14.4 Å². The van der Waals surface area contributed by atoms with Crippen LogP contribution in [0.2, 0.25) is 0 Å². The Morgan fingerprint density at radius 1 is 1.13 bits per heavy atom. The first-order valence-corrected chi connectivity index (χ1v) is 12.0. The molecule has 30 heavy (non-hydrogen) atoms. The van der Waals surface area contributed by atoms with E-state index in [2.05, 4.69) is 33.7 Å². The molecule has 4 atom stereocenters. The summed E-state index contributed by atoms with van der Waals surface area (Å²) in [6.07, 6.45) is 12.9. The number of morpholine rings is 1. The van der Waals surface area contributed by atoms with Gasteiger partial charge in [-0.15, -0.1) is 0 Å². The molecular weight excluding hydrogens is 378 g/mol. The van der Waals surface area contributed by atoms with Crippen LogP contribution in [0.1, 0.15) is 76.4 Å². The van der Waals surface area contributed by atoms with E-state index in [4.69, 9.17) is 14.5 Å². The minimum atomic E-state index is 0.0501. The molecule has 3 saturated carbocycles. The highest BCUT2D eigenvalue weighted by molar-refractivity contribution is 5.41. The number of hydrazine groups is 1. The fraction of sp³-hybridized carbons (Fsp3) is 0.826. The van der Waals surface area contributed by atoms with Crippen molar-refractivity contribution in [2.45, 2.75) is 94.1 Å². The van der Waals surface area contributed by atoms with Crippen molar-refractivity contribution in [3.63, 3.8) is 0 Å². The van der Waals surface area contributed by atoms with E-state index in [9.17, 15) is 0 Å². The topological polar surface area (TPSA) is 71.5 Å². The van der Waals surface area contributed by atoms with Crippen molar-refractivity contribution >= 4 is 5.82 Å². The molecule has 7 heteroatoms. The summed E-state index contributed by atoms with van der Waals surface area (Å²) in [6.45, 7) is 4.93. The molecule has 2 N–H and O–H groups in total. The number of fused-ring (bicyclic) bond motifs is 1.